The molecule has 2 aliphatic rings. The Morgan fingerprint density at radius 1 is 1.10 bits per heavy atom. The van der Waals surface area contributed by atoms with Gasteiger partial charge in [-0.25, -0.2) is 4.79 Å². The molecule has 106 valence electrons. The molecule has 1 saturated carbocycles. The van der Waals surface area contributed by atoms with Crippen LogP contribution in [0.1, 0.15) is 31.2 Å². The third kappa shape index (κ3) is 2.24. The summed E-state index contributed by atoms with van der Waals surface area (Å²) in [5.41, 5.74) is 0.855. The fourth-order valence-electron chi connectivity index (χ4n) is 2.75. The van der Waals surface area contributed by atoms with E-state index in [-0.39, 0.29) is 6.03 Å². The second-order valence-corrected chi connectivity index (χ2v) is 5.59. The van der Waals surface area contributed by atoms with Gasteiger partial charge in [0, 0.05) is 18.8 Å². The highest BCUT2D eigenvalue weighted by Gasteiger charge is 2.51. The first-order valence-electron chi connectivity index (χ1n) is 7.02. The minimum absolute atomic E-state index is 0.0744. The van der Waals surface area contributed by atoms with Gasteiger partial charge in [-0.15, -0.1) is 0 Å². The Hall–Kier alpha value is -2.04. The average molecular weight is 274 g/mol. The molecule has 0 atom stereocenters. The summed E-state index contributed by atoms with van der Waals surface area (Å²) in [4.78, 5) is 25.0. The number of rotatable bonds is 3. The molecule has 2 N–H and O–H groups in total. The van der Waals surface area contributed by atoms with E-state index in [1.807, 2.05) is 0 Å². The fourth-order valence-corrected chi connectivity index (χ4v) is 2.75. The Morgan fingerprint density at radius 3 is 2.20 bits per heavy atom. The predicted octanol–water partition coefficient (Wildman–Crippen LogP) is 2.43. The number of nitrogens with zero attached hydrogens (tertiary/aromatic N) is 1. The van der Waals surface area contributed by atoms with Crippen LogP contribution in [0, 0.1) is 0 Å². The standard InChI is InChI=1S/C15H18N2O3/c18-13(19)15(7-8-15)11-3-5-12(6-4-11)16-14(20)17-9-1-2-10-17/h3-6H,1-2,7-10H2,(H,16,20)(H,18,19). The number of urea groups is 1. The molecular weight excluding hydrogens is 256 g/mol. The van der Waals surface area contributed by atoms with Crippen LogP contribution in [0.2, 0.25) is 0 Å². The van der Waals surface area contributed by atoms with Crippen molar-refractivity contribution in [1.82, 2.24) is 4.90 Å². The topological polar surface area (TPSA) is 69.6 Å². The van der Waals surface area contributed by atoms with E-state index in [1.165, 1.54) is 0 Å². The monoisotopic (exact) mass is 274 g/mol. The van der Waals surface area contributed by atoms with E-state index in [0.717, 1.165) is 31.5 Å². The lowest BCUT2D eigenvalue weighted by molar-refractivity contribution is -0.140. The van der Waals surface area contributed by atoms with Gasteiger partial charge < -0.3 is 15.3 Å². The third-order valence-corrected chi connectivity index (χ3v) is 4.24. The number of amides is 2. The van der Waals surface area contributed by atoms with Crippen LogP contribution in [-0.2, 0) is 10.2 Å². The first-order chi connectivity index (χ1) is 9.62. The molecular formula is C15H18N2O3. The summed E-state index contributed by atoms with van der Waals surface area (Å²) in [5.74, 6) is -0.758. The number of benzene rings is 1. The lowest BCUT2D eigenvalue weighted by Crippen LogP contribution is -2.32. The van der Waals surface area contributed by atoms with Crippen LogP contribution in [0.25, 0.3) is 0 Å². The number of carbonyl (C=O) groups is 2. The molecule has 20 heavy (non-hydrogen) atoms. The van der Waals surface area contributed by atoms with Gasteiger partial charge in [-0.05, 0) is 43.4 Å². The van der Waals surface area contributed by atoms with Gasteiger partial charge in [-0.1, -0.05) is 12.1 Å². The van der Waals surface area contributed by atoms with E-state index in [4.69, 9.17) is 0 Å². The number of carboxylic acid groups (broad SMARTS) is 1. The molecule has 0 bridgehead atoms. The quantitative estimate of drug-likeness (QED) is 0.889. The Kier molecular flexibility index (Phi) is 3.12. The van der Waals surface area contributed by atoms with Gasteiger partial charge in [-0.3, -0.25) is 4.79 Å². The van der Waals surface area contributed by atoms with E-state index in [0.29, 0.717) is 18.5 Å². The Labute approximate surface area is 117 Å². The summed E-state index contributed by atoms with van der Waals surface area (Å²) in [6.07, 6.45) is 3.52. The van der Waals surface area contributed by atoms with Crippen molar-refractivity contribution in [1.29, 1.82) is 0 Å². The van der Waals surface area contributed by atoms with Crippen molar-refractivity contribution in [3.8, 4) is 0 Å². The number of carboxylic acids is 1. The highest BCUT2D eigenvalue weighted by atomic mass is 16.4. The van der Waals surface area contributed by atoms with Crippen LogP contribution in [0.15, 0.2) is 24.3 Å². The summed E-state index contributed by atoms with van der Waals surface area (Å²) in [7, 11) is 0. The maximum atomic E-state index is 11.9. The van der Waals surface area contributed by atoms with E-state index in [1.54, 1.807) is 29.2 Å². The number of anilines is 1. The van der Waals surface area contributed by atoms with Crippen molar-refractivity contribution in [3.63, 3.8) is 0 Å². The zero-order valence-corrected chi connectivity index (χ0v) is 11.3. The zero-order valence-electron chi connectivity index (χ0n) is 11.3. The Morgan fingerprint density at radius 2 is 1.70 bits per heavy atom. The van der Waals surface area contributed by atoms with Gasteiger partial charge in [0.15, 0.2) is 0 Å². The summed E-state index contributed by atoms with van der Waals surface area (Å²) in [6, 6.07) is 7.11. The number of carbonyl (C=O) groups excluding carboxylic acids is 1. The van der Waals surface area contributed by atoms with Crippen molar-refractivity contribution >= 4 is 17.7 Å². The normalized spacial score (nSPS) is 19.7. The van der Waals surface area contributed by atoms with Crippen molar-refractivity contribution in [2.75, 3.05) is 18.4 Å². The number of likely N-dealkylation sites (tertiary alicyclic amines) is 1. The lowest BCUT2D eigenvalue weighted by Gasteiger charge is -2.17. The first kappa shape index (κ1) is 13.0. The molecule has 5 nitrogen and oxygen atoms in total. The molecule has 3 rings (SSSR count). The van der Waals surface area contributed by atoms with E-state index in [9.17, 15) is 14.7 Å². The Balaban J connectivity index is 1.67. The predicted molar refractivity (Wildman–Crippen MR) is 74.8 cm³/mol. The number of hydrogen-bond acceptors (Lipinski definition) is 2. The first-order valence-corrected chi connectivity index (χ1v) is 7.02. The van der Waals surface area contributed by atoms with E-state index >= 15 is 0 Å². The highest BCUT2D eigenvalue weighted by molar-refractivity contribution is 5.90. The van der Waals surface area contributed by atoms with Gasteiger partial charge in [0.1, 0.15) is 0 Å². The molecule has 1 aromatic rings. The summed E-state index contributed by atoms with van der Waals surface area (Å²) in [6.45, 7) is 1.62. The molecule has 0 spiro atoms. The molecule has 1 aliphatic carbocycles. The maximum absolute atomic E-state index is 11.9. The van der Waals surface area contributed by atoms with Crippen LogP contribution >= 0.6 is 0 Å². The summed E-state index contributed by atoms with van der Waals surface area (Å²) in [5, 5.41) is 12.1. The lowest BCUT2D eigenvalue weighted by atomic mass is 9.96. The second kappa shape index (κ2) is 4.81. The van der Waals surface area contributed by atoms with Crippen LogP contribution < -0.4 is 5.32 Å². The molecule has 0 radical (unpaired) electrons. The molecule has 1 aliphatic heterocycles. The number of hydrogen-bond donors (Lipinski definition) is 2. The Bertz CT molecular complexity index is 529. The second-order valence-electron chi connectivity index (χ2n) is 5.59. The van der Waals surface area contributed by atoms with Crippen molar-refractivity contribution in [2.45, 2.75) is 31.1 Å². The molecule has 2 amide bonds. The number of aliphatic carboxylic acids is 1. The maximum Gasteiger partial charge on any atom is 0.321 e. The fraction of sp³-hybridized carbons (Fsp3) is 0.467. The molecule has 1 aromatic carbocycles. The minimum atomic E-state index is -0.758. The van der Waals surface area contributed by atoms with Crippen LogP contribution in [0.3, 0.4) is 0 Å². The molecule has 5 heteroatoms. The van der Waals surface area contributed by atoms with Gasteiger partial charge >= 0.3 is 12.0 Å². The summed E-state index contributed by atoms with van der Waals surface area (Å²) < 4.78 is 0. The van der Waals surface area contributed by atoms with Crippen molar-refractivity contribution < 1.29 is 14.7 Å². The average Bonchev–Trinajstić information content (AvgIpc) is 3.07. The smallest absolute Gasteiger partial charge is 0.321 e. The van der Waals surface area contributed by atoms with Crippen LogP contribution in [0.5, 0.6) is 0 Å². The van der Waals surface area contributed by atoms with Crippen LogP contribution in [-0.4, -0.2) is 35.1 Å². The third-order valence-electron chi connectivity index (χ3n) is 4.24. The van der Waals surface area contributed by atoms with Gasteiger partial charge in [-0.2, -0.15) is 0 Å². The zero-order chi connectivity index (χ0) is 14.2. The van der Waals surface area contributed by atoms with E-state index < -0.39 is 11.4 Å². The highest BCUT2D eigenvalue weighted by Crippen LogP contribution is 2.48. The largest absolute Gasteiger partial charge is 0.481 e. The van der Waals surface area contributed by atoms with Gasteiger partial charge in [0.2, 0.25) is 0 Å². The van der Waals surface area contributed by atoms with E-state index in [2.05, 4.69) is 5.32 Å². The van der Waals surface area contributed by atoms with Gasteiger partial charge in [0.05, 0.1) is 5.41 Å². The number of nitrogens with one attached hydrogen (secondary N) is 1. The molecule has 1 heterocycles. The molecule has 2 fully saturated rings. The van der Waals surface area contributed by atoms with Crippen molar-refractivity contribution in [3.05, 3.63) is 29.8 Å². The minimum Gasteiger partial charge on any atom is -0.481 e. The molecule has 0 aromatic heterocycles. The SMILES string of the molecule is O=C(Nc1ccc(C2(C(=O)O)CC2)cc1)N1CCCC1. The van der Waals surface area contributed by atoms with Crippen LogP contribution in [0.4, 0.5) is 10.5 Å². The van der Waals surface area contributed by atoms with Crippen molar-refractivity contribution in [2.24, 2.45) is 0 Å². The molecule has 0 unspecified atom stereocenters. The van der Waals surface area contributed by atoms with Gasteiger partial charge in [0.25, 0.3) is 0 Å². The summed E-state index contributed by atoms with van der Waals surface area (Å²) >= 11 is 0. The molecule has 1 saturated heterocycles.